The van der Waals surface area contributed by atoms with Gasteiger partial charge in [0.1, 0.15) is 13.2 Å². The molecule has 4 rings (SSSR count). The lowest BCUT2D eigenvalue weighted by atomic mass is 10.0. The predicted octanol–water partition coefficient (Wildman–Crippen LogP) is 4.83. The molecule has 6 nitrogen and oxygen atoms in total. The summed E-state index contributed by atoms with van der Waals surface area (Å²) in [5, 5.41) is 2.43. The summed E-state index contributed by atoms with van der Waals surface area (Å²) in [4.78, 5) is 31.1. The number of benzene rings is 2. The Morgan fingerprint density at radius 3 is 2.80 bits per heavy atom. The van der Waals surface area contributed by atoms with E-state index in [1.165, 1.54) is 15.8 Å². The monoisotopic (exact) mass is 516 g/mol. The van der Waals surface area contributed by atoms with Crippen LogP contribution in [0.1, 0.15) is 26.8 Å². The minimum atomic E-state index is -0.454. The van der Waals surface area contributed by atoms with Crippen molar-refractivity contribution in [1.29, 1.82) is 0 Å². The maximum Gasteiger partial charge on any atom is 0.254 e. The van der Waals surface area contributed by atoms with Crippen LogP contribution >= 0.6 is 22.9 Å². The van der Waals surface area contributed by atoms with E-state index in [9.17, 15) is 14.0 Å². The summed E-state index contributed by atoms with van der Waals surface area (Å²) in [5.41, 5.74) is 1.40. The van der Waals surface area contributed by atoms with Crippen LogP contribution in [0.2, 0.25) is 5.02 Å². The van der Waals surface area contributed by atoms with Crippen LogP contribution in [-0.4, -0.2) is 61.6 Å². The number of rotatable bonds is 9. The summed E-state index contributed by atoms with van der Waals surface area (Å²) in [6, 6.07) is 14.4. The largest absolute Gasteiger partial charge is 0.488 e. The van der Waals surface area contributed by atoms with E-state index in [1.54, 1.807) is 65.8 Å². The zero-order valence-electron chi connectivity index (χ0n) is 19.3. The summed E-state index contributed by atoms with van der Waals surface area (Å²) < 4.78 is 25.1. The summed E-state index contributed by atoms with van der Waals surface area (Å²) in [6.07, 6.45) is 0.718. The molecule has 0 unspecified atom stereocenters. The Morgan fingerprint density at radius 1 is 1.20 bits per heavy atom. The first-order valence-electron chi connectivity index (χ1n) is 11.2. The molecule has 1 aliphatic rings. The van der Waals surface area contributed by atoms with Crippen LogP contribution < -0.4 is 4.74 Å². The first kappa shape index (κ1) is 25.2. The molecule has 184 valence electrons. The Balaban J connectivity index is 1.53. The van der Waals surface area contributed by atoms with Gasteiger partial charge in [-0.3, -0.25) is 9.59 Å². The highest BCUT2D eigenvalue weighted by molar-refractivity contribution is 7.10. The van der Waals surface area contributed by atoms with E-state index in [0.717, 1.165) is 12.0 Å². The summed E-state index contributed by atoms with van der Waals surface area (Å²) in [5.74, 6) is -0.828. The molecule has 35 heavy (non-hydrogen) atoms. The van der Waals surface area contributed by atoms with Crippen molar-refractivity contribution in [3.8, 4) is 5.75 Å². The SMILES string of the molecule is COCCN(CC(=O)N1CCc2sccc2[C@H]1COc1ccccc1F)C(=O)c1cccc(Cl)c1. The number of nitrogens with zero attached hydrogens (tertiary/aromatic N) is 2. The van der Waals surface area contributed by atoms with Gasteiger partial charge in [0.2, 0.25) is 5.91 Å². The number of carbonyl (C=O) groups excluding carboxylic acids is 2. The molecule has 9 heteroatoms. The van der Waals surface area contributed by atoms with E-state index in [1.807, 2.05) is 11.4 Å². The third kappa shape index (κ3) is 6.01. The van der Waals surface area contributed by atoms with Gasteiger partial charge in [0.25, 0.3) is 5.91 Å². The lowest BCUT2D eigenvalue weighted by molar-refractivity contribution is -0.135. The molecule has 3 aromatic rings. The highest BCUT2D eigenvalue weighted by Gasteiger charge is 2.33. The quantitative estimate of drug-likeness (QED) is 0.408. The highest BCUT2D eigenvalue weighted by atomic mass is 35.5. The van der Waals surface area contributed by atoms with Gasteiger partial charge in [-0.15, -0.1) is 11.3 Å². The average molecular weight is 517 g/mol. The predicted molar refractivity (Wildman–Crippen MR) is 134 cm³/mol. The number of carbonyl (C=O) groups is 2. The summed E-state index contributed by atoms with van der Waals surface area (Å²) in [6.45, 7) is 1.01. The molecule has 0 spiro atoms. The summed E-state index contributed by atoms with van der Waals surface area (Å²) in [7, 11) is 1.54. The minimum Gasteiger partial charge on any atom is -0.488 e. The van der Waals surface area contributed by atoms with Crippen molar-refractivity contribution in [3.63, 3.8) is 0 Å². The lowest BCUT2D eigenvalue weighted by Gasteiger charge is -2.37. The Kier molecular flexibility index (Phi) is 8.38. The van der Waals surface area contributed by atoms with Crippen LogP contribution in [0.25, 0.3) is 0 Å². The Hall–Kier alpha value is -2.94. The normalized spacial score (nSPS) is 14.9. The smallest absolute Gasteiger partial charge is 0.254 e. The van der Waals surface area contributed by atoms with Gasteiger partial charge in [-0.1, -0.05) is 29.8 Å². The summed E-state index contributed by atoms with van der Waals surface area (Å²) >= 11 is 7.70. The number of methoxy groups -OCH3 is 1. The van der Waals surface area contributed by atoms with Crippen LogP contribution in [0.15, 0.2) is 60.0 Å². The van der Waals surface area contributed by atoms with E-state index in [0.29, 0.717) is 17.1 Å². The first-order valence-corrected chi connectivity index (χ1v) is 12.5. The maximum absolute atomic E-state index is 14.1. The molecule has 1 aliphatic heterocycles. The molecule has 1 atom stereocenters. The van der Waals surface area contributed by atoms with Crippen molar-refractivity contribution in [2.45, 2.75) is 12.5 Å². The Morgan fingerprint density at radius 2 is 2.03 bits per heavy atom. The zero-order chi connectivity index (χ0) is 24.8. The average Bonchev–Trinajstić information content (AvgIpc) is 3.34. The van der Waals surface area contributed by atoms with E-state index >= 15 is 0 Å². The Bertz CT molecular complexity index is 1190. The topological polar surface area (TPSA) is 59.1 Å². The lowest BCUT2D eigenvalue weighted by Crippen LogP contribution is -2.48. The molecule has 0 N–H and O–H groups in total. The number of para-hydroxylation sites is 1. The number of hydrogen-bond donors (Lipinski definition) is 0. The molecule has 0 bridgehead atoms. The molecule has 1 aromatic heterocycles. The zero-order valence-corrected chi connectivity index (χ0v) is 20.9. The molecule has 0 saturated heterocycles. The van der Waals surface area contributed by atoms with Crippen molar-refractivity contribution >= 4 is 34.8 Å². The van der Waals surface area contributed by atoms with Gasteiger partial charge in [-0.05, 0) is 53.8 Å². The van der Waals surface area contributed by atoms with E-state index in [-0.39, 0.29) is 49.9 Å². The second kappa shape index (κ2) is 11.7. The second-order valence-corrected chi connectivity index (χ2v) is 9.56. The van der Waals surface area contributed by atoms with E-state index in [2.05, 4.69) is 0 Å². The van der Waals surface area contributed by atoms with Crippen molar-refractivity contribution in [2.24, 2.45) is 0 Å². The van der Waals surface area contributed by atoms with E-state index < -0.39 is 5.82 Å². The van der Waals surface area contributed by atoms with Gasteiger partial charge in [0.05, 0.1) is 12.6 Å². The fourth-order valence-electron chi connectivity index (χ4n) is 4.12. The molecular formula is C26H26ClFN2O4S. The number of thiophene rings is 1. The maximum atomic E-state index is 14.1. The standard InChI is InChI=1S/C26H26ClFN2O4S/c1-33-13-12-29(26(32)18-5-4-6-19(27)15-18)16-25(31)30-11-9-24-20(10-14-35-24)22(30)17-34-23-8-3-2-7-21(23)28/h2-8,10,14-15,22H,9,11-13,16-17H2,1H3/t22-/m1/s1. The third-order valence-electron chi connectivity index (χ3n) is 5.90. The molecule has 2 amide bonds. The van der Waals surface area contributed by atoms with Crippen molar-refractivity contribution < 1.29 is 23.5 Å². The Labute approximate surface area is 212 Å². The van der Waals surface area contributed by atoms with Crippen LogP contribution in [0, 0.1) is 5.82 Å². The van der Waals surface area contributed by atoms with Crippen LogP contribution in [0.5, 0.6) is 5.75 Å². The number of hydrogen-bond acceptors (Lipinski definition) is 5. The molecular weight excluding hydrogens is 491 g/mol. The van der Waals surface area contributed by atoms with Gasteiger partial charge >= 0.3 is 0 Å². The van der Waals surface area contributed by atoms with Gasteiger partial charge in [0, 0.05) is 35.7 Å². The van der Waals surface area contributed by atoms with Crippen molar-refractivity contribution in [2.75, 3.05) is 40.0 Å². The molecule has 0 saturated carbocycles. The van der Waals surface area contributed by atoms with Gasteiger partial charge in [-0.2, -0.15) is 0 Å². The van der Waals surface area contributed by atoms with Gasteiger partial charge < -0.3 is 19.3 Å². The first-order chi connectivity index (χ1) is 17.0. The number of halogens is 2. The van der Waals surface area contributed by atoms with Crippen LogP contribution in [-0.2, 0) is 16.0 Å². The van der Waals surface area contributed by atoms with Crippen LogP contribution in [0.3, 0.4) is 0 Å². The van der Waals surface area contributed by atoms with Crippen molar-refractivity contribution in [1.82, 2.24) is 9.80 Å². The van der Waals surface area contributed by atoms with Crippen molar-refractivity contribution in [3.05, 3.63) is 86.8 Å². The molecule has 2 aromatic carbocycles. The number of amides is 2. The van der Waals surface area contributed by atoms with Crippen LogP contribution in [0.4, 0.5) is 4.39 Å². The number of ether oxygens (including phenoxy) is 2. The molecule has 0 aliphatic carbocycles. The van der Waals surface area contributed by atoms with E-state index in [4.69, 9.17) is 21.1 Å². The number of fused-ring (bicyclic) bond motifs is 1. The molecule has 0 fully saturated rings. The minimum absolute atomic E-state index is 0.108. The third-order valence-corrected chi connectivity index (χ3v) is 7.13. The fourth-order valence-corrected chi connectivity index (χ4v) is 5.24. The fraction of sp³-hybridized carbons (Fsp3) is 0.308. The molecule has 0 radical (unpaired) electrons. The second-order valence-electron chi connectivity index (χ2n) is 8.12. The van der Waals surface area contributed by atoms with Gasteiger partial charge in [0.15, 0.2) is 11.6 Å². The highest BCUT2D eigenvalue weighted by Crippen LogP contribution is 2.34. The molecule has 2 heterocycles. The van der Waals surface area contributed by atoms with Gasteiger partial charge in [-0.25, -0.2) is 4.39 Å².